The normalized spacial score (nSPS) is 12.9. The molecule has 15 nitrogen and oxygen atoms in total. The molecule has 2 aliphatic heterocycles. The van der Waals surface area contributed by atoms with E-state index in [2.05, 4.69) is 19.9 Å². The fourth-order valence-electron chi connectivity index (χ4n) is 4.87. The van der Waals surface area contributed by atoms with Gasteiger partial charge in [-0.1, -0.05) is 24.3 Å². The molecule has 2 aromatic heterocycles. The van der Waals surface area contributed by atoms with E-state index in [0.717, 1.165) is 74.1 Å². The summed E-state index contributed by atoms with van der Waals surface area (Å²) in [6.45, 7) is 3.56. The average Bonchev–Trinajstić information content (AvgIpc) is 3.84. The first-order valence-electron chi connectivity index (χ1n) is 15.2. The van der Waals surface area contributed by atoms with Crippen LogP contribution in [0.15, 0.2) is 73.3 Å². The van der Waals surface area contributed by atoms with Gasteiger partial charge >= 0.3 is 59.1 Å². The van der Waals surface area contributed by atoms with E-state index >= 15 is 0 Å². The van der Waals surface area contributed by atoms with Gasteiger partial charge in [-0.05, 0) is 67.2 Å². The van der Waals surface area contributed by atoms with Gasteiger partial charge < -0.3 is 45.7 Å². The number of rotatable bonds is 8. The largest absolute Gasteiger partial charge is 1.00 e. The van der Waals surface area contributed by atoms with Gasteiger partial charge in [-0.2, -0.15) is 0 Å². The molecule has 252 valence electrons. The molecule has 4 N–H and O–H groups in total. The third kappa shape index (κ3) is 14.1. The second kappa shape index (κ2) is 22.0. The van der Waals surface area contributed by atoms with Crippen molar-refractivity contribution in [2.45, 2.75) is 25.7 Å². The smallest absolute Gasteiger partial charge is 0.652 e. The Bertz CT molecular complexity index is 1500. The molecule has 17 heteroatoms. The number of anilines is 2. The number of carbonyl (C=O) groups is 3. The van der Waals surface area contributed by atoms with Gasteiger partial charge in [0.25, 0.3) is 11.8 Å². The zero-order valence-electron chi connectivity index (χ0n) is 28.2. The summed E-state index contributed by atoms with van der Waals surface area (Å²) >= 11 is 0. The molecular weight excluding hydrogens is 666 g/mol. The van der Waals surface area contributed by atoms with Crippen LogP contribution in [0.4, 0.5) is 16.7 Å². The van der Waals surface area contributed by atoms with Gasteiger partial charge in [-0.3, -0.25) is 9.59 Å². The van der Waals surface area contributed by atoms with Crippen molar-refractivity contribution >= 4 is 29.9 Å². The number of amides is 2. The summed E-state index contributed by atoms with van der Waals surface area (Å²) in [6.07, 6.45) is 8.72. The van der Waals surface area contributed by atoms with Crippen molar-refractivity contribution in [2.75, 3.05) is 50.9 Å². The van der Waals surface area contributed by atoms with E-state index in [0.29, 0.717) is 11.5 Å². The van der Waals surface area contributed by atoms with Crippen molar-refractivity contribution in [1.82, 2.24) is 29.7 Å². The first kappa shape index (κ1) is 42.2. The van der Waals surface area contributed by atoms with Crippen LogP contribution in [-0.4, -0.2) is 87.1 Å². The summed E-state index contributed by atoms with van der Waals surface area (Å²) in [5.74, 6) is 1.95. The Balaban J connectivity index is 0.000000303. The quantitative estimate of drug-likeness (QED) is 0.164. The van der Waals surface area contributed by atoms with Crippen molar-refractivity contribution < 1.29 is 93.2 Å². The monoisotopic (exact) mass is 702 g/mol. The zero-order valence-corrected chi connectivity index (χ0v) is 32.2. The minimum absolute atomic E-state index is 0. The fraction of sp³-hybridized carbons (Fsp3) is 0.303. The van der Waals surface area contributed by atoms with E-state index in [1.165, 1.54) is 0 Å². The van der Waals surface area contributed by atoms with E-state index in [1.807, 2.05) is 58.3 Å². The Labute approximate surface area is 334 Å². The van der Waals surface area contributed by atoms with Crippen LogP contribution in [0.25, 0.3) is 22.3 Å². The summed E-state index contributed by atoms with van der Waals surface area (Å²) in [4.78, 5) is 51.7. The fourth-order valence-corrected chi connectivity index (χ4v) is 4.87. The van der Waals surface area contributed by atoms with Gasteiger partial charge in [0.05, 0.1) is 0 Å². The number of carboxylic acid groups (broad SMARTS) is 2. The van der Waals surface area contributed by atoms with Crippen LogP contribution in [0.1, 0.15) is 25.7 Å². The molecule has 0 bridgehead atoms. The van der Waals surface area contributed by atoms with Gasteiger partial charge in [-0.15, -0.1) is 0 Å². The molecule has 0 spiro atoms. The third-order valence-corrected chi connectivity index (χ3v) is 7.36. The van der Waals surface area contributed by atoms with Gasteiger partial charge in [0, 0.05) is 62.1 Å². The predicted octanol–water partition coefficient (Wildman–Crippen LogP) is -4.99. The Morgan fingerprint density at radius 1 is 0.560 bits per heavy atom. The first-order chi connectivity index (χ1) is 23.2. The van der Waals surface area contributed by atoms with Gasteiger partial charge in [0.1, 0.15) is 11.5 Å². The number of carbonyl (C=O) groups excluding carboxylic acids is 3. The molecular formula is C33H36N8Na2O7. The van der Waals surface area contributed by atoms with Crippen LogP contribution in [0.2, 0.25) is 0 Å². The second-order valence-electron chi connectivity index (χ2n) is 10.7. The minimum Gasteiger partial charge on any atom is -0.652 e. The average molecular weight is 703 g/mol. The van der Waals surface area contributed by atoms with Crippen molar-refractivity contribution in [1.29, 1.82) is 0 Å². The molecule has 4 aromatic rings. The van der Waals surface area contributed by atoms with E-state index in [-0.39, 0.29) is 96.0 Å². The maximum absolute atomic E-state index is 11.9. The number of ether oxygens (including phenoxy) is 2. The Morgan fingerprint density at radius 3 is 1.12 bits per heavy atom. The molecule has 0 saturated carbocycles. The zero-order chi connectivity index (χ0) is 34.3. The van der Waals surface area contributed by atoms with Gasteiger partial charge in [0.15, 0.2) is 13.2 Å². The molecule has 2 aromatic carbocycles. The first-order valence-corrected chi connectivity index (χ1v) is 15.2. The summed E-state index contributed by atoms with van der Waals surface area (Å²) in [6, 6.07) is 15.0. The standard InChI is InChI=1S/2C16H18N4O2.CH2O3.2Na/c2*17-16-18-9-13(10-19-16)12-3-5-14(6-4-12)22-11-15(21)20-7-1-2-8-20;2-1(3)4;;/h2*3-6,9-10H,1-2,7-8,11H2,(H2,17,18,19);(H2,2,3,4);;/q;;;2*+1/p-2. The maximum atomic E-state index is 11.9. The van der Waals surface area contributed by atoms with Crippen LogP contribution in [-0.2, 0) is 9.59 Å². The van der Waals surface area contributed by atoms with E-state index in [1.54, 1.807) is 24.8 Å². The molecule has 50 heavy (non-hydrogen) atoms. The molecule has 6 rings (SSSR count). The van der Waals surface area contributed by atoms with Crippen molar-refractivity contribution in [3.05, 3.63) is 73.3 Å². The minimum atomic E-state index is -2.33. The third-order valence-electron chi connectivity index (χ3n) is 7.36. The van der Waals surface area contributed by atoms with Crippen LogP contribution in [0.3, 0.4) is 0 Å². The molecule has 2 amide bonds. The maximum Gasteiger partial charge on any atom is 1.00 e. The number of hydrogen-bond donors (Lipinski definition) is 2. The van der Waals surface area contributed by atoms with Crippen molar-refractivity contribution in [3.8, 4) is 33.8 Å². The number of aromatic nitrogens is 4. The summed E-state index contributed by atoms with van der Waals surface area (Å²) in [5.41, 5.74) is 14.6. The second-order valence-corrected chi connectivity index (χ2v) is 10.7. The molecule has 2 aliphatic rings. The molecule has 2 saturated heterocycles. The Hall–Kier alpha value is -3.99. The van der Waals surface area contributed by atoms with Gasteiger partial charge in [0.2, 0.25) is 11.9 Å². The van der Waals surface area contributed by atoms with Crippen molar-refractivity contribution in [3.63, 3.8) is 0 Å². The van der Waals surface area contributed by atoms with Crippen LogP contribution < -0.4 is 90.3 Å². The van der Waals surface area contributed by atoms with Gasteiger partial charge in [-0.25, -0.2) is 19.9 Å². The number of nitrogens with two attached hydrogens (primary N) is 2. The van der Waals surface area contributed by atoms with Crippen LogP contribution >= 0.6 is 0 Å². The Morgan fingerprint density at radius 2 is 0.840 bits per heavy atom. The Kier molecular flexibility index (Phi) is 18.5. The topological polar surface area (TPSA) is 226 Å². The number of nitrogens with zero attached hydrogens (tertiary/aromatic N) is 6. The number of nitrogen functional groups attached to an aromatic ring is 2. The van der Waals surface area contributed by atoms with E-state index in [4.69, 9.17) is 35.9 Å². The predicted molar refractivity (Wildman–Crippen MR) is 172 cm³/mol. The summed E-state index contributed by atoms with van der Waals surface area (Å²) in [7, 11) is 0. The molecule has 0 unspecified atom stereocenters. The van der Waals surface area contributed by atoms with Crippen LogP contribution in [0.5, 0.6) is 11.5 Å². The summed E-state index contributed by atoms with van der Waals surface area (Å²) < 4.78 is 11.1. The SMILES string of the molecule is Nc1ncc(-c2ccc(OCC(=O)N3CCCC3)cc2)cn1.Nc1ncc(-c2ccc(OCC(=O)N3CCCC3)cc2)cn1.O=C([O-])[O-].[Na+].[Na+]. The van der Waals surface area contributed by atoms with Crippen LogP contribution in [0, 0.1) is 0 Å². The molecule has 0 aliphatic carbocycles. The number of likely N-dealkylation sites (tertiary alicyclic amines) is 2. The van der Waals surface area contributed by atoms with Crippen molar-refractivity contribution in [2.24, 2.45) is 0 Å². The van der Waals surface area contributed by atoms with E-state index in [9.17, 15) is 9.59 Å². The molecule has 0 radical (unpaired) electrons. The van der Waals surface area contributed by atoms with E-state index < -0.39 is 6.16 Å². The molecule has 2 fully saturated rings. The molecule has 0 atom stereocenters. The number of benzene rings is 2. The summed E-state index contributed by atoms with van der Waals surface area (Å²) in [5, 5.41) is 16.7. The molecule has 4 heterocycles. The number of hydrogen-bond acceptors (Lipinski definition) is 13.